The molecule has 7 heteroatoms. The number of anilines is 1. The lowest BCUT2D eigenvalue weighted by atomic mass is 10.2. The second kappa shape index (κ2) is 7.53. The minimum Gasteiger partial charge on any atom is -0.469 e. The van der Waals surface area contributed by atoms with Crippen LogP contribution in [-0.2, 0) is 9.53 Å². The molecular weight excluding hydrogens is 328 g/mol. The lowest BCUT2D eigenvalue weighted by Crippen LogP contribution is -2.13. The molecule has 0 radical (unpaired) electrons. The van der Waals surface area contributed by atoms with Crippen molar-refractivity contribution >= 4 is 29.3 Å². The molecule has 1 fully saturated rings. The molecule has 1 saturated carbocycles. The number of thioether (sulfide) groups is 1. The van der Waals surface area contributed by atoms with Gasteiger partial charge < -0.3 is 14.5 Å². The zero-order valence-electron chi connectivity index (χ0n) is 13.3. The minimum atomic E-state index is -0.267. The number of hydrogen-bond donors (Lipinski definition) is 1. The first-order valence-electron chi connectivity index (χ1n) is 7.72. The summed E-state index contributed by atoms with van der Waals surface area (Å²) in [7, 11) is 1.36. The van der Waals surface area contributed by atoms with E-state index in [1.54, 1.807) is 30.7 Å². The van der Waals surface area contributed by atoms with Crippen LogP contribution < -0.4 is 5.32 Å². The van der Waals surface area contributed by atoms with Crippen molar-refractivity contribution in [1.29, 1.82) is 0 Å². The van der Waals surface area contributed by atoms with E-state index in [-0.39, 0.29) is 11.9 Å². The number of hydrogen-bond acceptors (Lipinski definition) is 6. The number of furan rings is 1. The standard InChI is InChI=1S/C17H18N2O4S/c1-22-14(20)7-10-24-17-13(3-2-8-18-17)19-16(21)12-6-9-23-15(12)11-4-5-11/h2-3,6,8-9,11H,4-5,7,10H2,1H3,(H,19,21). The van der Waals surface area contributed by atoms with Gasteiger partial charge in [-0.15, -0.1) is 11.8 Å². The van der Waals surface area contributed by atoms with Gasteiger partial charge in [0.05, 0.1) is 31.0 Å². The molecule has 0 spiro atoms. The van der Waals surface area contributed by atoms with E-state index in [0.717, 1.165) is 18.6 Å². The number of nitrogens with zero attached hydrogens (tertiary/aromatic N) is 1. The van der Waals surface area contributed by atoms with Crippen molar-refractivity contribution in [3.63, 3.8) is 0 Å². The summed E-state index contributed by atoms with van der Waals surface area (Å²) in [5.41, 5.74) is 1.20. The first kappa shape index (κ1) is 16.6. The fraction of sp³-hybridized carbons (Fsp3) is 0.353. The van der Waals surface area contributed by atoms with Crippen molar-refractivity contribution < 1.29 is 18.7 Å². The Bertz CT molecular complexity index is 740. The number of carbonyl (C=O) groups excluding carboxylic acids is 2. The highest BCUT2D eigenvalue weighted by Crippen LogP contribution is 2.42. The smallest absolute Gasteiger partial charge is 0.306 e. The number of nitrogens with one attached hydrogen (secondary N) is 1. The Labute approximate surface area is 144 Å². The molecule has 126 valence electrons. The Morgan fingerprint density at radius 2 is 2.25 bits per heavy atom. The summed E-state index contributed by atoms with van der Waals surface area (Å²) in [6.07, 6.45) is 5.63. The van der Waals surface area contributed by atoms with Gasteiger partial charge in [-0.1, -0.05) is 0 Å². The molecule has 24 heavy (non-hydrogen) atoms. The van der Waals surface area contributed by atoms with Crippen LogP contribution in [0.1, 0.15) is 41.3 Å². The average Bonchev–Trinajstić information content (AvgIpc) is 3.32. The second-order valence-electron chi connectivity index (χ2n) is 5.46. The van der Waals surface area contributed by atoms with Crippen LogP contribution in [0.25, 0.3) is 0 Å². The van der Waals surface area contributed by atoms with Gasteiger partial charge in [-0.3, -0.25) is 9.59 Å². The maximum Gasteiger partial charge on any atom is 0.306 e. The zero-order chi connectivity index (χ0) is 16.9. The fourth-order valence-electron chi connectivity index (χ4n) is 2.29. The van der Waals surface area contributed by atoms with Crippen LogP contribution in [0.15, 0.2) is 40.1 Å². The van der Waals surface area contributed by atoms with Crippen LogP contribution in [0.5, 0.6) is 0 Å². The van der Waals surface area contributed by atoms with E-state index in [4.69, 9.17) is 4.42 Å². The van der Waals surface area contributed by atoms with Gasteiger partial charge in [-0.25, -0.2) is 4.98 Å². The maximum absolute atomic E-state index is 12.5. The predicted octanol–water partition coefficient (Wildman–Crippen LogP) is 3.46. The maximum atomic E-state index is 12.5. The summed E-state index contributed by atoms with van der Waals surface area (Å²) in [6, 6.07) is 5.25. The summed E-state index contributed by atoms with van der Waals surface area (Å²) in [5, 5.41) is 3.56. The number of pyridine rings is 1. The minimum absolute atomic E-state index is 0.200. The van der Waals surface area contributed by atoms with Gasteiger partial charge in [0.15, 0.2) is 0 Å². The highest BCUT2D eigenvalue weighted by Gasteiger charge is 2.31. The second-order valence-corrected chi connectivity index (χ2v) is 6.54. The molecular formula is C17H18N2O4S. The van der Waals surface area contributed by atoms with Crippen LogP contribution in [0.2, 0.25) is 0 Å². The molecule has 1 N–H and O–H groups in total. The zero-order valence-corrected chi connectivity index (χ0v) is 14.1. The fourth-order valence-corrected chi connectivity index (χ4v) is 3.17. The van der Waals surface area contributed by atoms with E-state index in [1.807, 2.05) is 0 Å². The third kappa shape index (κ3) is 3.97. The molecule has 0 atom stereocenters. The first-order valence-corrected chi connectivity index (χ1v) is 8.71. The third-order valence-electron chi connectivity index (χ3n) is 3.68. The van der Waals surface area contributed by atoms with Crippen LogP contribution in [-0.4, -0.2) is 29.7 Å². The van der Waals surface area contributed by atoms with Crippen molar-refractivity contribution in [2.75, 3.05) is 18.2 Å². The van der Waals surface area contributed by atoms with Gasteiger partial charge in [-0.05, 0) is 31.0 Å². The molecule has 2 aromatic rings. The van der Waals surface area contributed by atoms with Crippen molar-refractivity contribution in [3.8, 4) is 0 Å². The number of amides is 1. The normalized spacial score (nSPS) is 13.5. The summed E-state index contributed by atoms with van der Waals surface area (Å²) in [5.74, 6) is 1.19. The molecule has 1 aliphatic rings. The molecule has 1 amide bonds. The Balaban J connectivity index is 1.67. The highest BCUT2D eigenvalue weighted by molar-refractivity contribution is 7.99. The lowest BCUT2D eigenvalue weighted by molar-refractivity contribution is -0.140. The Kier molecular flexibility index (Phi) is 5.20. The van der Waals surface area contributed by atoms with E-state index < -0.39 is 0 Å². The van der Waals surface area contributed by atoms with Gasteiger partial charge in [-0.2, -0.15) is 0 Å². The highest BCUT2D eigenvalue weighted by atomic mass is 32.2. The molecule has 6 nitrogen and oxygen atoms in total. The molecule has 0 unspecified atom stereocenters. The van der Waals surface area contributed by atoms with Crippen molar-refractivity contribution in [1.82, 2.24) is 4.98 Å². The molecule has 3 rings (SSSR count). The Morgan fingerprint density at radius 1 is 1.42 bits per heavy atom. The van der Waals surface area contributed by atoms with Gasteiger partial charge >= 0.3 is 5.97 Å². The average molecular weight is 346 g/mol. The number of esters is 1. The van der Waals surface area contributed by atoms with Crippen LogP contribution in [0, 0.1) is 0 Å². The number of aromatic nitrogens is 1. The topological polar surface area (TPSA) is 81.4 Å². The Morgan fingerprint density at radius 3 is 3.00 bits per heavy atom. The van der Waals surface area contributed by atoms with Crippen LogP contribution in [0.3, 0.4) is 0 Å². The number of ether oxygens (including phenoxy) is 1. The van der Waals surface area contributed by atoms with E-state index in [2.05, 4.69) is 15.0 Å². The van der Waals surface area contributed by atoms with Gasteiger partial charge in [0, 0.05) is 17.9 Å². The largest absolute Gasteiger partial charge is 0.469 e. The molecule has 2 heterocycles. The van der Waals surface area contributed by atoms with Gasteiger partial charge in [0.2, 0.25) is 0 Å². The van der Waals surface area contributed by atoms with Gasteiger partial charge in [0.25, 0.3) is 5.91 Å². The van der Waals surface area contributed by atoms with Gasteiger partial charge in [0.1, 0.15) is 10.8 Å². The van der Waals surface area contributed by atoms with E-state index in [9.17, 15) is 9.59 Å². The summed E-state index contributed by atoms with van der Waals surface area (Å²) < 4.78 is 10.1. The number of methoxy groups -OCH3 is 1. The predicted molar refractivity (Wildman–Crippen MR) is 90.2 cm³/mol. The molecule has 0 bridgehead atoms. The number of rotatable bonds is 7. The molecule has 2 aromatic heterocycles. The summed E-state index contributed by atoms with van der Waals surface area (Å²) >= 11 is 1.40. The molecule has 0 aliphatic heterocycles. The molecule has 1 aliphatic carbocycles. The SMILES string of the molecule is COC(=O)CCSc1ncccc1NC(=O)c1ccoc1C1CC1. The summed E-state index contributed by atoms with van der Waals surface area (Å²) in [4.78, 5) is 28.0. The monoisotopic (exact) mass is 346 g/mol. The first-order chi connectivity index (χ1) is 11.7. The molecule has 0 saturated heterocycles. The third-order valence-corrected chi connectivity index (χ3v) is 4.69. The van der Waals surface area contributed by atoms with Crippen LogP contribution in [0.4, 0.5) is 5.69 Å². The van der Waals surface area contributed by atoms with E-state index >= 15 is 0 Å². The van der Waals surface area contributed by atoms with Crippen molar-refractivity contribution in [3.05, 3.63) is 42.0 Å². The van der Waals surface area contributed by atoms with E-state index in [0.29, 0.717) is 34.4 Å². The quantitative estimate of drug-likeness (QED) is 0.611. The van der Waals surface area contributed by atoms with Crippen molar-refractivity contribution in [2.45, 2.75) is 30.2 Å². The number of carbonyl (C=O) groups is 2. The Hall–Kier alpha value is -2.28. The molecule has 0 aromatic carbocycles. The van der Waals surface area contributed by atoms with E-state index in [1.165, 1.54) is 18.9 Å². The summed E-state index contributed by atoms with van der Waals surface area (Å²) in [6.45, 7) is 0. The lowest BCUT2D eigenvalue weighted by Gasteiger charge is -2.09. The van der Waals surface area contributed by atoms with Crippen molar-refractivity contribution in [2.24, 2.45) is 0 Å². The van der Waals surface area contributed by atoms with Crippen LogP contribution >= 0.6 is 11.8 Å².